The van der Waals surface area contributed by atoms with Crippen LogP contribution >= 0.6 is 0 Å². The zero-order valence-electron chi connectivity index (χ0n) is 13.0. The molecule has 3 N–H and O–H groups in total. The lowest BCUT2D eigenvalue weighted by Crippen LogP contribution is -2.29. The van der Waals surface area contributed by atoms with E-state index in [4.69, 9.17) is 15.7 Å². The monoisotopic (exact) mass is 291 g/mol. The minimum absolute atomic E-state index is 0.126. The molecule has 1 saturated carbocycles. The van der Waals surface area contributed by atoms with E-state index in [1.54, 1.807) is 13.2 Å². The summed E-state index contributed by atoms with van der Waals surface area (Å²) in [7, 11) is 1.67. The van der Waals surface area contributed by atoms with Gasteiger partial charge in [0.1, 0.15) is 5.75 Å². The fraction of sp³-hybridized carbons (Fsp3) is 0.562. The van der Waals surface area contributed by atoms with E-state index < -0.39 is 0 Å². The van der Waals surface area contributed by atoms with Crippen LogP contribution in [0.5, 0.6) is 5.75 Å². The smallest absolute Gasteiger partial charge is 0.170 e. The number of hydrogen-bond donors (Lipinski definition) is 2. The van der Waals surface area contributed by atoms with E-state index in [1.807, 2.05) is 12.1 Å². The predicted octanol–water partition coefficient (Wildman–Crippen LogP) is 2.41. The molecule has 0 amide bonds. The molecule has 116 valence electrons. The molecule has 5 heteroatoms. The molecule has 0 radical (unpaired) electrons. The number of nitrogens with zero attached hydrogens (tertiary/aromatic N) is 2. The topological polar surface area (TPSA) is 71.1 Å². The minimum Gasteiger partial charge on any atom is -0.496 e. The maximum atomic E-state index is 8.83. The lowest BCUT2D eigenvalue weighted by molar-refractivity contribution is 0.223. The van der Waals surface area contributed by atoms with Crippen LogP contribution in [0.4, 0.5) is 0 Å². The fourth-order valence-corrected chi connectivity index (χ4v) is 2.59. The van der Waals surface area contributed by atoms with Crippen LogP contribution in [0.25, 0.3) is 0 Å². The summed E-state index contributed by atoms with van der Waals surface area (Å²) in [5.74, 6) is 1.60. The van der Waals surface area contributed by atoms with Crippen LogP contribution in [-0.2, 0) is 6.54 Å². The number of benzene rings is 1. The third-order valence-corrected chi connectivity index (χ3v) is 3.72. The second kappa shape index (κ2) is 6.80. The summed E-state index contributed by atoms with van der Waals surface area (Å²) in [4.78, 5) is 2.50. The van der Waals surface area contributed by atoms with Crippen LogP contribution in [0.2, 0.25) is 0 Å². The van der Waals surface area contributed by atoms with Gasteiger partial charge in [0.25, 0.3) is 0 Å². The molecular weight excluding hydrogens is 266 g/mol. The Morgan fingerprint density at radius 2 is 2.19 bits per heavy atom. The van der Waals surface area contributed by atoms with Crippen LogP contribution in [0.3, 0.4) is 0 Å². The quantitative estimate of drug-likeness (QED) is 0.350. The summed E-state index contributed by atoms with van der Waals surface area (Å²) in [5, 5.41) is 11.9. The third-order valence-electron chi connectivity index (χ3n) is 3.72. The van der Waals surface area contributed by atoms with Crippen LogP contribution in [-0.4, -0.2) is 35.6 Å². The van der Waals surface area contributed by atoms with Crippen molar-refractivity contribution in [2.45, 2.75) is 39.3 Å². The first-order valence-electron chi connectivity index (χ1n) is 7.44. The second-order valence-electron chi connectivity index (χ2n) is 6.07. The molecule has 2 rings (SSSR count). The van der Waals surface area contributed by atoms with Crippen molar-refractivity contribution in [3.05, 3.63) is 29.3 Å². The third kappa shape index (κ3) is 4.11. The van der Waals surface area contributed by atoms with Crippen LogP contribution in [0.15, 0.2) is 23.4 Å². The molecule has 0 spiro atoms. The van der Waals surface area contributed by atoms with Gasteiger partial charge in [0.2, 0.25) is 0 Å². The highest BCUT2D eigenvalue weighted by molar-refractivity contribution is 5.97. The Morgan fingerprint density at radius 1 is 1.48 bits per heavy atom. The first kappa shape index (κ1) is 15.6. The lowest BCUT2D eigenvalue weighted by atomic mass is 10.1. The van der Waals surface area contributed by atoms with E-state index in [-0.39, 0.29) is 5.84 Å². The molecule has 0 aliphatic heterocycles. The summed E-state index contributed by atoms with van der Waals surface area (Å²) < 4.78 is 5.45. The zero-order valence-corrected chi connectivity index (χ0v) is 13.0. The van der Waals surface area contributed by atoms with Crippen molar-refractivity contribution < 1.29 is 9.94 Å². The Bertz CT molecular complexity index is 510. The summed E-state index contributed by atoms with van der Waals surface area (Å²) in [6, 6.07) is 6.32. The fourth-order valence-electron chi connectivity index (χ4n) is 2.59. The number of hydrogen-bond acceptors (Lipinski definition) is 4. The van der Waals surface area contributed by atoms with E-state index in [9.17, 15) is 0 Å². The normalized spacial score (nSPS) is 15.8. The van der Waals surface area contributed by atoms with Gasteiger partial charge in [0.15, 0.2) is 5.84 Å². The molecule has 1 aliphatic rings. The van der Waals surface area contributed by atoms with Gasteiger partial charge in [-0.2, -0.15) is 0 Å². The van der Waals surface area contributed by atoms with Crippen molar-refractivity contribution in [1.82, 2.24) is 4.90 Å². The number of nitrogens with two attached hydrogens (primary N) is 1. The zero-order chi connectivity index (χ0) is 15.4. The van der Waals surface area contributed by atoms with Crippen molar-refractivity contribution in [2.24, 2.45) is 16.8 Å². The molecule has 1 aromatic rings. The van der Waals surface area contributed by atoms with Crippen LogP contribution < -0.4 is 10.5 Å². The largest absolute Gasteiger partial charge is 0.496 e. The van der Waals surface area contributed by atoms with E-state index in [0.717, 1.165) is 24.4 Å². The van der Waals surface area contributed by atoms with Gasteiger partial charge in [-0.1, -0.05) is 19.0 Å². The molecule has 0 atom stereocenters. The van der Waals surface area contributed by atoms with Crippen molar-refractivity contribution in [3.63, 3.8) is 0 Å². The Balaban J connectivity index is 2.23. The van der Waals surface area contributed by atoms with Crippen molar-refractivity contribution in [1.29, 1.82) is 0 Å². The van der Waals surface area contributed by atoms with Crippen LogP contribution in [0, 0.1) is 5.92 Å². The van der Waals surface area contributed by atoms with E-state index >= 15 is 0 Å². The number of amidine groups is 1. The first-order valence-corrected chi connectivity index (χ1v) is 7.44. The molecule has 0 heterocycles. The Morgan fingerprint density at radius 3 is 2.71 bits per heavy atom. The SMILES string of the molecule is COc1ccc(/C(N)=N/O)cc1CN(CC(C)C)C1CC1. The van der Waals surface area contributed by atoms with E-state index in [1.165, 1.54) is 12.8 Å². The molecule has 1 aromatic carbocycles. The van der Waals surface area contributed by atoms with Gasteiger partial charge in [0, 0.05) is 30.3 Å². The van der Waals surface area contributed by atoms with Gasteiger partial charge in [-0.15, -0.1) is 0 Å². The van der Waals surface area contributed by atoms with Crippen molar-refractivity contribution in [2.75, 3.05) is 13.7 Å². The summed E-state index contributed by atoms with van der Waals surface area (Å²) in [6.07, 6.45) is 2.55. The summed E-state index contributed by atoms with van der Waals surface area (Å²) >= 11 is 0. The molecule has 0 aromatic heterocycles. The average Bonchev–Trinajstić information content (AvgIpc) is 3.29. The number of oxime groups is 1. The van der Waals surface area contributed by atoms with Crippen LogP contribution in [0.1, 0.15) is 37.8 Å². The average molecular weight is 291 g/mol. The van der Waals surface area contributed by atoms with E-state index in [0.29, 0.717) is 17.5 Å². The predicted molar refractivity (Wildman–Crippen MR) is 83.8 cm³/mol. The van der Waals surface area contributed by atoms with Gasteiger partial charge >= 0.3 is 0 Å². The van der Waals surface area contributed by atoms with Gasteiger partial charge in [-0.25, -0.2) is 0 Å². The number of rotatable bonds is 7. The molecule has 21 heavy (non-hydrogen) atoms. The van der Waals surface area contributed by atoms with E-state index in [2.05, 4.69) is 23.9 Å². The minimum atomic E-state index is 0.126. The molecule has 0 unspecified atom stereocenters. The van der Waals surface area contributed by atoms with Crippen molar-refractivity contribution in [3.8, 4) is 5.75 Å². The molecule has 1 fully saturated rings. The lowest BCUT2D eigenvalue weighted by Gasteiger charge is -2.25. The standard InChI is InChI=1S/C16H25N3O2/c1-11(2)9-19(14-5-6-14)10-13-8-12(16(17)18-20)4-7-15(13)21-3/h4,7-8,11,14,20H,5-6,9-10H2,1-3H3,(H2,17,18). The first-order chi connectivity index (χ1) is 10.0. The summed E-state index contributed by atoms with van der Waals surface area (Å²) in [5.41, 5.74) is 7.48. The van der Waals surface area contributed by atoms with Crippen molar-refractivity contribution >= 4 is 5.84 Å². The Hall–Kier alpha value is -1.75. The Kier molecular flexibility index (Phi) is 5.07. The molecular formula is C16H25N3O2. The van der Waals surface area contributed by atoms with Gasteiger partial charge < -0.3 is 15.7 Å². The maximum absolute atomic E-state index is 8.83. The molecule has 5 nitrogen and oxygen atoms in total. The van der Waals surface area contributed by atoms with Gasteiger partial charge in [-0.3, -0.25) is 4.90 Å². The highest BCUT2D eigenvalue weighted by atomic mass is 16.5. The van der Waals surface area contributed by atoms with Gasteiger partial charge in [0.05, 0.1) is 7.11 Å². The Labute approximate surface area is 126 Å². The molecule has 0 bridgehead atoms. The highest BCUT2D eigenvalue weighted by Gasteiger charge is 2.29. The summed E-state index contributed by atoms with van der Waals surface area (Å²) in [6.45, 7) is 6.37. The maximum Gasteiger partial charge on any atom is 0.170 e. The molecule has 1 aliphatic carbocycles. The van der Waals surface area contributed by atoms with Gasteiger partial charge in [-0.05, 0) is 37.0 Å². The number of ether oxygens (including phenoxy) is 1. The second-order valence-corrected chi connectivity index (χ2v) is 6.07. The highest BCUT2D eigenvalue weighted by Crippen LogP contribution is 2.31. The molecule has 0 saturated heterocycles. The number of methoxy groups -OCH3 is 1.